The topological polar surface area (TPSA) is 35.3 Å². The summed E-state index contributed by atoms with van der Waals surface area (Å²) in [5, 5.41) is 4.14. The molecule has 1 aliphatic heterocycles. The van der Waals surface area contributed by atoms with Gasteiger partial charge in [-0.25, -0.2) is 0 Å². The van der Waals surface area contributed by atoms with E-state index in [1.807, 2.05) is 36.9 Å². The van der Waals surface area contributed by atoms with Gasteiger partial charge >= 0.3 is 0 Å². The van der Waals surface area contributed by atoms with Gasteiger partial charge in [0.1, 0.15) is 0 Å². The Bertz CT molecular complexity index is 582. The van der Waals surface area contributed by atoms with Crippen molar-refractivity contribution in [1.29, 1.82) is 0 Å². The Kier molecular flexibility index (Phi) is 4.66. The van der Waals surface area contributed by atoms with Crippen molar-refractivity contribution in [1.82, 2.24) is 5.16 Å². The quantitative estimate of drug-likeness (QED) is 0.817. The van der Waals surface area contributed by atoms with E-state index in [1.165, 1.54) is 18.4 Å². The minimum atomic E-state index is 0.408. The maximum absolute atomic E-state index is 5.87. The second kappa shape index (κ2) is 6.67. The predicted octanol–water partition coefficient (Wildman–Crippen LogP) is 4.45. The van der Waals surface area contributed by atoms with Crippen LogP contribution in [-0.4, -0.2) is 23.1 Å². The molecule has 1 aromatic heterocycles. The summed E-state index contributed by atoms with van der Waals surface area (Å²) in [6, 6.07) is 10.2. The number of thioether (sulfide) groups is 1. The van der Waals surface area contributed by atoms with Crippen LogP contribution in [0.15, 0.2) is 34.9 Å². The molecule has 0 radical (unpaired) electrons. The molecule has 2 aromatic rings. The van der Waals surface area contributed by atoms with Crippen molar-refractivity contribution in [2.24, 2.45) is 0 Å². The average Bonchev–Trinajstić information content (AvgIpc) is 3.07. The molecule has 0 unspecified atom stereocenters. The third kappa shape index (κ3) is 3.50. The van der Waals surface area contributed by atoms with Gasteiger partial charge in [-0.3, -0.25) is 0 Å². The molecule has 3 rings (SSSR count). The predicted molar refractivity (Wildman–Crippen MR) is 86.4 cm³/mol. The minimum absolute atomic E-state index is 0.408. The van der Waals surface area contributed by atoms with Gasteiger partial charge in [0, 0.05) is 22.6 Å². The Morgan fingerprint density at radius 1 is 1.24 bits per heavy atom. The fourth-order valence-electron chi connectivity index (χ4n) is 2.68. The molecule has 4 heteroatoms. The lowest BCUT2D eigenvalue weighted by Gasteiger charge is -2.10. The normalized spacial score (nSPS) is 21.8. The maximum Gasteiger partial charge on any atom is 0.171 e. The minimum Gasteiger partial charge on any atom is -0.374 e. The lowest BCUT2D eigenvalue weighted by molar-refractivity contribution is 0.0700. The summed E-state index contributed by atoms with van der Waals surface area (Å²) in [6.07, 6.45) is 3.20. The molecule has 1 saturated heterocycles. The zero-order valence-corrected chi connectivity index (χ0v) is 13.4. The zero-order chi connectivity index (χ0) is 14.7. The lowest BCUT2D eigenvalue weighted by atomic mass is 10.1. The number of ether oxygens (including phenoxy) is 1. The Labute approximate surface area is 130 Å². The van der Waals surface area contributed by atoms with Crippen molar-refractivity contribution in [3.05, 3.63) is 41.6 Å². The van der Waals surface area contributed by atoms with E-state index in [2.05, 4.69) is 24.2 Å². The molecule has 3 nitrogen and oxygen atoms in total. The third-order valence-corrected chi connectivity index (χ3v) is 4.99. The summed E-state index contributed by atoms with van der Waals surface area (Å²) < 4.78 is 11.4. The molecule has 0 amide bonds. The molecular weight excluding hydrogens is 282 g/mol. The van der Waals surface area contributed by atoms with Crippen molar-refractivity contribution >= 4 is 11.8 Å². The van der Waals surface area contributed by atoms with E-state index >= 15 is 0 Å². The van der Waals surface area contributed by atoms with Crippen LogP contribution >= 0.6 is 11.8 Å². The maximum atomic E-state index is 5.87. The first-order chi connectivity index (χ1) is 10.2. The molecule has 0 aliphatic carbocycles. The summed E-state index contributed by atoms with van der Waals surface area (Å²) in [4.78, 5) is 0. The summed E-state index contributed by atoms with van der Waals surface area (Å²) >= 11 is 1.91. The van der Waals surface area contributed by atoms with Crippen molar-refractivity contribution in [2.45, 2.75) is 44.6 Å². The molecule has 1 fully saturated rings. The molecule has 112 valence electrons. The first kappa shape index (κ1) is 14.7. The number of rotatable bonds is 5. The second-order valence-corrected chi connectivity index (χ2v) is 6.63. The van der Waals surface area contributed by atoms with E-state index in [0.29, 0.717) is 12.2 Å². The molecule has 0 N–H and O–H groups in total. The standard InChI is InChI=1S/C17H21NO2S/c1-12-8-9-15(19-12)10-21-11-16-13(2)18-20-17(16)14-6-4-3-5-7-14/h3-7,12,15H,8-11H2,1-2H3/t12-,15-/m0/s1. The van der Waals surface area contributed by atoms with Crippen LogP contribution in [0.4, 0.5) is 0 Å². The molecule has 21 heavy (non-hydrogen) atoms. The van der Waals surface area contributed by atoms with Gasteiger partial charge in [0.15, 0.2) is 5.76 Å². The Hall–Kier alpha value is -1.26. The van der Waals surface area contributed by atoms with Gasteiger partial charge in [0.25, 0.3) is 0 Å². The first-order valence-corrected chi connectivity index (χ1v) is 8.63. The van der Waals surface area contributed by atoms with Crippen LogP contribution < -0.4 is 0 Å². The molecule has 0 bridgehead atoms. The van der Waals surface area contributed by atoms with Gasteiger partial charge in [-0.05, 0) is 26.7 Å². The van der Waals surface area contributed by atoms with Crippen LogP contribution in [0.5, 0.6) is 0 Å². The van der Waals surface area contributed by atoms with E-state index < -0.39 is 0 Å². The Morgan fingerprint density at radius 3 is 2.76 bits per heavy atom. The highest BCUT2D eigenvalue weighted by Gasteiger charge is 2.22. The highest BCUT2D eigenvalue weighted by molar-refractivity contribution is 7.98. The smallest absolute Gasteiger partial charge is 0.171 e. The van der Waals surface area contributed by atoms with Gasteiger partial charge in [0.2, 0.25) is 0 Å². The van der Waals surface area contributed by atoms with E-state index in [-0.39, 0.29) is 0 Å². The number of aryl methyl sites for hydroxylation is 1. The number of hydrogen-bond acceptors (Lipinski definition) is 4. The van der Waals surface area contributed by atoms with Crippen molar-refractivity contribution in [3.8, 4) is 11.3 Å². The lowest BCUT2D eigenvalue weighted by Crippen LogP contribution is -2.11. The fraction of sp³-hybridized carbons (Fsp3) is 0.471. The number of hydrogen-bond donors (Lipinski definition) is 0. The largest absolute Gasteiger partial charge is 0.374 e. The Balaban J connectivity index is 1.64. The molecule has 1 aliphatic rings. The van der Waals surface area contributed by atoms with Crippen LogP contribution in [-0.2, 0) is 10.5 Å². The molecule has 0 spiro atoms. The van der Waals surface area contributed by atoms with Gasteiger partial charge in [-0.1, -0.05) is 35.5 Å². The summed E-state index contributed by atoms with van der Waals surface area (Å²) in [7, 11) is 0. The van der Waals surface area contributed by atoms with E-state index in [4.69, 9.17) is 9.26 Å². The summed E-state index contributed by atoms with van der Waals surface area (Å²) in [5.74, 6) is 2.87. The molecular formula is C17H21NO2S. The van der Waals surface area contributed by atoms with Crippen molar-refractivity contribution in [2.75, 3.05) is 5.75 Å². The van der Waals surface area contributed by atoms with E-state index in [0.717, 1.165) is 28.5 Å². The van der Waals surface area contributed by atoms with Crippen LogP contribution in [0.2, 0.25) is 0 Å². The van der Waals surface area contributed by atoms with Crippen molar-refractivity contribution < 1.29 is 9.26 Å². The number of nitrogens with zero attached hydrogens (tertiary/aromatic N) is 1. The van der Waals surface area contributed by atoms with E-state index in [9.17, 15) is 0 Å². The number of benzene rings is 1. The third-order valence-electron chi connectivity index (χ3n) is 3.89. The van der Waals surface area contributed by atoms with E-state index in [1.54, 1.807) is 0 Å². The highest BCUT2D eigenvalue weighted by atomic mass is 32.2. The van der Waals surface area contributed by atoms with Gasteiger partial charge in [-0.15, -0.1) is 0 Å². The van der Waals surface area contributed by atoms with Crippen molar-refractivity contribution in [3.63, 3.8) is 0 Å². The average molecular weight is 303 g/mol. The molecule has 2 heterocycles. The second-order valence-electron chi connectivity index (χ2n) is 5.60. The fourth-order valence-corrected chi connectivity index (χ4v) is 3.85. The van der Waals surface area contributed by atoms with Crippen LogP contribution in [0.25, 0.3) is 11.3 Å². The highest BCUT2D eigenvalue weighted by Crippen LogP contribution is 2.30. The van der Waals surface area contributed by atoms with Crippen LogP contribution in [0.3, 0.4) is 0 Å². The monoisotopic (exact) mass is 303 g/mol. The van der Waals surface area contributed by atoms with Gasteiger partial charge in [-0.2, -0.15) is 11.8 Å². The van der Waals surface area contributed by atoms with Crippen LogP contribution in [0.1, 0.15) is 31.0 Å². The number of aromatic nitrogens is 1. The molecule has 1 aromatic carbocycles. The molecule has 2 atom stereocenters. The molecule has 0 saturated carbocycles. The van der Waals surface area contributed by atoms with Crippen LogP contribution in [0, 0.1) is 6.92 Å². The first-order valence-electron chi connectivity index (χ1n) is 7.48. The summed E-state index contributed by atoms with van der Waals surface area (Å²) in [6.45, 7) is 4.17. The Morgan fingerprint density at radius 2 is 2.05 bits per heavy atom. The van der Waals surface area contributed by atoms with Gasteiger partial charge in [0.05, 0.1) is 17.9 Å². The summed E-state index contributed by atoms with van der Waals surface area (Å²) in [5.41, 5.74) is 3.29. The zero-order valence-electron chi connectivity index (χ0n) is 12.5. The van der Waals surface area contributed by atoms with Gasteiger partial charge < -0.3 is 9.26 Å². The SMILES string of the molecule is Cc1noc(-c2ccccc2)c1CSC[C@@H]1CC[C@H](C)O1.